The predicted molar refractivity (Wildman–Crippen MR) is 115 cm³/mol. The van der Waals surface area contributed by atoms with Crippen LogP contribution in [-0.4, -0.2) is 62.3 Å². The van der Waals surface area contributed by atoms with Gasteiger partial charge in [-0.05, 0) is 12.0 Å². The summed E-state index contributed by atoms with van der Waals surface area (Å²) in [6.45, 7) is 2.85. The minimum atomic E-state index is -0.589. The number of amides is 1. The van der Waals surface area contributed by atoms with E-state index < -0.39 is 10.8 Å². The fraction of sp³-hybridized carbons (Fsp3) is 0.409. The van der Waals surface area contributed by atoms with Crippen LogP contribution in [0.15, 0.2) is 42.5 Å². The van der Waals surface area contributed by atoms with Crippen molar-refractivity contribution >= 4 is 11.6 Å². The number of rotatable bonds is 10. The van der Waals surface area contributed by atoms with Crippen LogP contribution in [0, 0.1) is 10.1 Å². The van der Waals surface area contributed by atoms with Gasteiger partial charge in [-0.3, -0.25) is 19.8 Å². The molecule has 1 aliphatic heterocycles. The summed E-state index contributed by atoms with van der Waals surface area (Å²) in [5, 5.41) is 14.5. The number of likely N-dealkylation sites (tertiary alicyclic amines) is 1. The summed E-state index contributed by atoms with van der Waals surface area (Å²) < 4.78 is 15.7. The Morgan fingerprint density at radius 1 is 1.19 bits per heavy atom. The highest BCUT2D eigenvalue weighted by molar-refractivity contribution is 5.99. The Bertz CT molecular complexity index is 906. The van der Waals surface area contributed by atoms with E-state index in [1.165, 1.54) is 31.9 Å². The topological polar surface area (TPSA) is 103 Å². The molecule has 1 atom stereocenters. The van der Waals surface area contributed by atoms with Crippen molar-refractivity contribution in [1.82, 2.24) is 10.2 Å². The number of benzene rings is 2. The van der Waals surface area contributed by atoms with Crippen LogP contribution in [-0.2, 0) is 11.3 Å². The minimum Gasteiger partial charge on any atom is -0.493 e. The zero-order chi connectivity index (χ0) is 22.2. The number of nitro benzene ring substituents is 1. The van der Waals surface area contributed by atoms with Gasteiger partial charge in [-0.25, -0.2) is 0 Å². The molecule has 0 radical (unpaired) electrons. The van der Waals surface area contributed by atoms with Gasteiger partial charge < -0.3 is 19.5 Å². The molecule has 1 unspecified atom stereocenters. The van der Waals surface area contributed by atoms with Gasteiger partial charge in [0.1, 0.15) is 12.2 Å². The first-order valence-corrected chi connectivity index (χ1v) is 10.1. The van der Waals surface area contributed by atoms with Crippen LogP contribution in [0.25, 0.3) is 0 Å². The van der Waals surface area contributed by atoms with E-state index in [4.69, 9.17) is 14.2 Å². The van der Waals surface area contributed by atoms with Gasteiger partial charge in [0.25, 0.3) is 11.6 Å². The van der Waals surface area contributed by atoms with Crippen molar-refractivity contribution in [2.24, 2.45) is 0 Å². The molecule has 0 aliphatic carbocycles. The molecule has 1 fully saturated rings. The summed E-state index contributed by atoms with van der Waals surface area (Å²) in [7, 11) is 2.95. The molecule has 31 heavy (non-hydrogen) atoms. The van der Waals surface area contributed by atoms with Crippen molar-refractivity contribution in [1.29, 1.82) is 0 Å². The molecule has 0 aromatic heterocycles. The number of carbonyl (C=O) groups excluding carboxylic acids is 1. The molecule has 1 amide bonds. The number of hydrogen-bond donors (Lipinski definition) is 1. The van der Waals surface area contributed by atoms with Gasteiger partial charge in [0.2, 0.25) is 0 Å². The van der Waals surface area contributed by atoms with E-state index in [9.17, 15) is 14.9 Å². The Morgan fingerprint density at radius 3 is 2.65 bits per heavy atom. The third kappa shape index (κ3) is 5.93. The van der Waals surface area contributed by atoms with E-state index in [1.807, 2.05) is 18.2 Å². The molecule has 9 heteroatoms. The van der Waals surface area contributed by atoms with Gasteiger partial charge in [-0.1, -0.05) is 30.3 Å². The largest absolute Gasteiger partial charge is 0.493 e. The molecule has 1 saturated heterocycles. The van der Waals surface area contributed by atoms with Crippen LogP contribution < -0.4 is 14.8 Å². The van der Waals surface area contributed by atoms with Gasteiger partial charge in [0.05, 0.1) is 24.7 Å². The van der Waals surface area contributed by atoms with Gasteiger partial charge in [-0.2, -0.15) is 0 Å². The number of hydrogen-bond acceptors (Lipinski definition) is 7. The highest BCUT2D eigenvalue weighted by Crippen LogP contribution is 2.35. The van der Waals surface area contributed by atoms with Crippen molar-refractivity contribution in [2.45, 2.75) is 19.0 Å². The number of methoxy groups -OCH3 is 2. The molecule has 2 aromatic carbocycles. The zero-order valence-corrected chi connectivity index (χ0v) is 17.7. The molecule has 2 aromatic rings. The standard InChI is InChI=1S/C22H27N3O6/c1-29-10-11-31-21-13-19(25(27)28)18(12-20(21)30-2)22(26)23-17-8-9-24(15-17)14-16-6-4-3-5-7-16/h3-7,12-13,17H,8-11,14-15H2,1-2H3,(H,23,26). The third-order valence-corrected chi connectivity index (χ3v) is 5.12. The molecule has 0 spiro atoms. The number of nitro groups is 1. The normalized spacial score (nSPS) is 16.1. The summed E-state index contributed by atoms with van der Waals surface area (Å²) >= 11 is 0. The zero-order valence-electron chi connectivity index (χ0n) is 17.7. The predicted octanol–water partition coefficient (Wildman–Crippen LogP) is 2.63. The second kappa shape index (κ2) is 10.7. The first-order valence-electron chi connectivity index (χ1n) is 10.1. The minimum absolute atomic E-state index is 0.0533. The van der Waals surface area contributed by atoms with E-state index >= 15 is 0 Å². The Hall–Kier alpha value is -3.17. The Morgan fingerprint density at radius 2 is 1.97 bits per heavy atom. The SMILES string of the molecule is COCCOc1cc([N+](=O)[O-])c(C(=O)NC2CCN(Cc3ccccc3)C2)cc1OC. The summed E-state index contributed by atoms with van der Waals surface area (Å²) in [6.07, 6.45) is 0.779. The Kier molecular flexibility index (Phi) is 7.80. The van der Waals surface area contributed by atoms with E-state index in [0.29, 0.717) is 13.2 Å². The number of ether oxygens (including phenoxy) is 3. The second-order valence-corrected chi connectivity index (χ2v) is 7.30. The summed E-state index contributed by atoms with van der Waals surface area (Å²) in [6, 6.07) is 12.6. The number of nitrogens with one attached hydrogen (secondary N) is 1. The number of carbonyl (C=O) groups is 1. The molecule has 0 saturated carbocycles. The van der Waals surface area contributed by atoms with Crippen molar-refractivity contribution in [3.05, 3.63) is 63.7 Å². The molecule has 1 heterocycles. The van der Waals surface area contributed by atoms with E-state index in [2.05, 4.69) is 22.3 Å². The lowest BCUT2D eigenvalue weighted by Gasteiger charge is -2.17. The van der Waals surface area contributed by atoms with E-state index in [1.54, 1.807) is 0 Å². The maximum absolute atomic E-state index is 12.9. The fourth-order valence-electron chi connectivity index (χ4n) is 3.59. The van der Waals surface area contributed by atoms with Crippen molar-refractivity contribution in [3.63, 3.8) is 0 Å². The molecule has 1 aliphatic rings. The van der Waals surface area contributed by atoms with Gasteiger partial charge in [-0.15, -0.1) is 0 Å². The average molecular weight is 429 g/mol. The van der Waals surface area contributed by atoms with Crippen LogP contribution in [0.3, 0.4) is 0 Å². The summed E-state index contributed by atoms with van der Waals surface area (Å²) in [5.41, 5.74) is 0.825. The van der Waals surface area contributed by atoms with Crippen molar-refractivity contribution < 1.29 is 23.9 Å². The molecule has 9 nitrogen and oxygen atoms in total. The lowest BCUT2D eigenvalue weighted by Crippen LogP contribution is -2.37. The Balaban J connectivity index is 1.69. The van der Waals surface area contributed by atoms with Crippen molar-refractivity contribution in [2.75, 3.05) is 40.5 Å². The monoisotopic (exact) mass is 429 g/mol. The smallest absolute Gasteiger partial charge is 0.286 e. The van der Waals surface area contributed by atoms with Crippen LogP contribution >= 0.6 is 0 Å². The van der Waals surface area contributed by atoms with Gasteiger partial charge in [0.15, 0.2) is 11.5 Å². The lowest BCUT2D eigenvalue weighted by atomic mass is 10.1. The molecule has 166 valence electrons. The lowest BCUT2D eigenvalue weighted by molar-refractivity contribution is -0.385. The second-order valence-electron chi connectivity index (χ2n) is 7.30. The van der Waals surface area contributed by atoms with Gasteiger partial charge >= 0.3 is 0 Å². The van der Waals surface area contributed by atoms with Crippen LogP contribution in [0.2, 0.25) is 0 Å². The molecule has 3 rings (SSSR count). The summed E-state index contributed by atoms with van der Waals surface area (Å²) in [4.78, 5) is 26.1. The third-order valence-electron chi connectivity index (χ3n) is 5.12. The Labute approximate surface area is 181 Å². The first kappa shape index (κ1) is 22.5. The fourth-order valence-corrected chi connectivity index (χ4v) is 3.59. The van der Waals surface area contributed by atoms with Crippen molar-refractivity contribution in [3.8, 4) is 11.5 Å². The van der Waals surface area contributed by atoms with Gasteiger partial charge in [0, 0.05) is 38.9 Å². The molecule has 0 bridgehead atoms. The average Bonchev–Trinajstić information content (AvgIpc) is 3.20. The van der Waals surface area contributed by atoms with Crippen LogP contribution in [0.4, 0.5) is 5.69 Å². The number of nitrogens with zero attached hydrogens (tertiary/aromatic N) is 2. The van der Waals surface area contributed by atoms with Crippen LogP contribution in [0.5, 0.6) is 11.5 Å². The maximum atomic E-state index is 12.9. The van der Waals surface area contributed by atoms with E-state index in [0.717, 1.165) is 19.5 Å². The maximum Gasteiger partial charge on any atom is 0.286 e. The molecular weight excluding hydrogens is 402 g/mol. The highest BCUT2D eigenvalue weighted by Gasteiger charge is 2.29. The molecular formula is C22H27N3O6. The summed E-state index contributed by atoms with van der Waals surface area (Å²) in [5.74, 6) is -0.0540. The van der Waals surface area contributed by atoms with E-state index in [-0.39, 0.29) is 35.4 Å². The first-order chi connectivity index (χ1) is 15.0. The van der Waals surface area contributed by atoms with Crippen LogP contribution in [0.1, 0.15) is 22.3 Å². The molecule has 1 N–H and O–H groups in total. The highest BCUT2D eigenvalue weighted by atomic mass is 16.6. The quantitative estimate of drug-likeness (QED) is 0.352.